The normalized spacial score (nSPS) is 24.0. The SMILES string of the molecule is COc1nccnc1N1C[C@@H]2[C@@H](C1)OCCN2Cc1ccccc1. The zero-order valence-corrected chi connectivity index (χ0v) is 13.8. The number of anilines is 1. The lowest BCUT2D eigenvalue weighted by Gasteiger charge is -2.36. The Kier molecular flexibility index (Phi) is 4.32. The van der Waals surface area contributed by atoms with Gasteiger partial charge < -0.3 is 14.4 Å². The molecule has 1 aromatic heterocycles. The molecule has 3 heterocycles. The molecule has 2 atom stereocenters. The monoisotopic (exact) mass is 326 g/mol. The topological polar surface area (TPSA) is 50.7 Å². The lowest BCUT2D eigenvalue weighted by atomic mass is 10.1. The van der Waals surface area contributed by atoms with Crippen LogP contribution in [0.25, 0.3) is 0 Å². The number of rotatable bonds is 4. The molecule has 2 fully saturated rings. The van der Waals surface area contributed by atoms with Crippen molar-refractivity contribution < 1.29 is 9.47 Å². The third-order valence-electron chi connectivity index (χ3n) is 4.78. The van der Waals surface area contributed by atoms with Crippen LogP contribution in [0, 0.1) is 0 Å². The first-order valence-corrected chi connectivity index (χ1v) is 8.34. The molecule has 2 aromatic rings. The summed E-state index contributed by atoms with van der Waals surface area (Å²) in [7, 11) is 1.63. The average Bonchev–Trinajstić information content (AvgIpc) is 3.08. The molecule has 6 heteroatoms. The van der Waals surface area contributed by atoms with Crippen molar-refractivity contribution in [1.82, 2.24) is 14.9 Å². The van der Waals surface area contributed by atoms with E-state index in [0.29, 0.717) is 11.9 Å². The van der Waals surface area contributed by atoms with Gasteiger partial charge in [0.2, 0.25) is 0 Å². The second-order valence-electron chi connectivity index (χ2n) is 6.23. The molecular weight excluding hydrogens is 304 g/mol. The predicted octanol–water partition coefficient (Wildman–Crippen LogP) is 1.57. The van der Waals surface area contributed by atoms with Gasteiger partial charge in [0.15, 0.2) is 5.82 Å². The standard InChI is InChI=1S/C18H22N4O2/c1-23-18-17(19-7-8-20-18)22-12-15-16(13-22)24-10-9-21(15)11-14-5-3-2-4-6-14/h2-8,15-16H,9-13H2,1H3/t15-,16-/m1/s1. The fourth-order valence-electron chi connectivity index (χ4n) is 3.62. The van der Waals surface area contributed by atoms with Crippen LogP contribution in [-0.4, -0.2) is 60.4 Å². The van der Waals surface area contributed by atoms with Crippen molar-refractivity contribution in [2.45, 2.75) is 18.7 Å². The van der Waals surface area contributed by atoms with E-state index in [4.69, 9.17) is 9.47 Å². The van der Waals surface area contributed by atoms with Gasteiger partial charge in [0.1, 0.15) is 0 Å². The van der Waals surface area contributed by atoms with Crippen molar-refractivity contribution in [2.24, 2.45) is 0 Å². The van der Waals surface area contributed by atoms with Crippen LogP contribution < -0.4 is 9.64 Å². The maximum atomic E-state index is 6.02. The van der Waals surface area contributed by atoms with Crippen molar-refractivity contribution in [2.75, 3.05) is 38.3 Å². The highest BCUT2D eigenvalue weighted by molar-refractivity contribution is 5.49. The van der Waals surface area contributed by atoms with Crippen LogP contribution in [0.3, 0.4) is 0 Å². The van der Waals surface area contributed by atoms with E-state index in [1.807, 2.05) is 0 Å². The first-order valence-electron chi connectivity index (χ1n) is 8.34. The number of hydrogen-bond donors (Lipinski definition) is 0. The van der Waals surface area contributed by atoms with Crippen LogP contribution in [0.5, 0.6) is 5.88 Å². The van der Waals surface area contributed by atoms with Crippen molar-refractivity contribution in [3.63, 3.8) is 0 Å². The predicted molar refractivity (Wildman–Crippen MR) is 91.2 cm³/mol. The summed E-state index contributed by atoms with van der Waals surface area (Å²) in [4.78, 5) is 13.5. The van der Waals surface area contributed by atoms with E-state index in [0.717, 1.165) is 38.6 Å². The Hall–Kier alpha value is -2.18. The smallest absolute Gasteiger partial charge is 0.257 e. The van der Waals surface area contributed by atoms with Crippen LogP contribution in [0.2, 0.25) is 0 Å². The molecule has 2 saturated heterocycles. The summed E-state index contributed by atoms with van der Waals surface area (Å²) in [6.45, 7) is 4.40. The number of hydrogen-bond acceptors (Lipinski definition) is 6. The number of fused-ring (bicyclic) bond motifs is 1. The van der Waals surface area contributed by atoms with Gasteiger partial charge in [-0.2, -0.15) is 0 Å². The first kappa shape index (κ1) is 15.4. The van der Waals surface area contributed by atoms with Gasteiger partial charge in [0.25, 0.3) is 5.88 Å². The summed E-state index contributed by atoms with van der Waals surface area (Å²) in [6, 6.07) is 11.0. The molecular formula is C18H22N4O2. The van der Waals surface area contributed by atoms with Gasteiger partial charge >= 0.3 is 0 Å². The second kappa shape index (κ2) is 6.75. The van der Waals surface area contributed by atoms with E-state index in [1.54, 1.807) is 19.5 Å². The molecule has 0 bridgehead atoms. The molecule has 0 saturated carbocycles. The number of aromatic nitrogens is 2. The molecule has 0 aliphatic carbocycles. The molecule has 0 unspecified atom stereocenters. The number of benzene rings is 1. The number of morpholine rings is 1. The fraction of sp³-hybridized carbons (Fsp3) is 0.444. The molecule has 24 heavy (non-hydrogen) atoms. The van der Waals surface area contributed by atoms with Crippen molar-refractivity contribution in [3.8, 4) is 5.88 Å². The molecule has 1 aromatic carbocycles. The molecule has 126 valence electrons. The highest BCUT2D eigenvalue weighted by Gasteiger charge is 2.41. The van der Waals surface area contributed by atoms with Crippen LogP contribution in [0.1, 0.15) is 5.56 Å². The lowest BCUT2D eigenvalue weighted by molar-refractivity contribution is -0.0499. The summed E-state index contributed by atoms with van der Waals surface area (Å²) in [5.74, 6) is 1.38. The summed E-state index contributed by atoms with van der Waals surface area (Å²) in [5.41, 5.74) is 1.34. The Morgan fingerprint density at radius 3 is 2.83 bits per heavy atom. The van der Waals surface area contributed by atoms with E-state index in [-0.39, 0.29) is 6.10 Å². The average molecular weight is 326 g/mol. The quantitative estimate of drug-likeness (QED) is 0.850. The minimum atomic E-state index is 0.203. The van der Waals surface area contributed by atoms with E-state index in [1.165, 1.54) is 5.56 Å². The minimum Gasteiger partial charge on any atom is -0.478 e. The van der Waals surface area contributed by atoms with Gasteiger partial charge in [0, 0.05) is 38.6 Å². The number of ether oxygens (including phenoxy) is 2. The van der Waals surface area contributed by atoms with Gasteiger partial charge in [0.05, 0.1) is 25.9 Å². The Balaban J connectivity index is 1.52. The molecule has 2 aliphatic heterocycles. The molecule has 0 N–H and O–H groups in total. The Morgan fingerprint density at radius 2 is 2.00 bits per heavy atom. The van der Waals surface area contributed by atoms with E-state index in [9.17, 15) is 0 Å². The maximum absolute atomic E-state index is 6.02. The van der Waals surface area contributed by atoms with Gasteiger partial charge in [-0.25, -0.2) is 9.97 Å². The number of methoxy groups -OCH3 is 1. The third kappa shape index (κ3) is 2.95. The fourth-order valence-corrected chi connectivity index (χ4v) is 3.62. The molecule has 2 aliphatic rings. The van der Waals surface area contributed by atoms with Gasteiger partial charge in [-0.15, -0.1) is 0 Å². The minimum absolute atomic E-state index is 0.203. The Bertz CT molecular complexity index is 682. The van der Waals surface area contributed by atoms with Crippen LogP contribution >= 0.6 is 0 Å². The Morgan fingerprint density at radius 1 is 1.17 bits per heavy atom. The van der Waals surface area contributed by atoms with Crippen molar-refractivity contribution in [1.29, 1.82) is 0 Å². The largest absolute Gasteiger partial charge is 0.478 e. The molecule has 0 spiro atoms. The summed E-state index contributed by atoms with van der Waals surface area (Å²) in [6.07, 6.45) is 3.57. The van der Waals surface area contributed by atoms with Crippen molar-refractivity contribution in [3.05, 3.63) is 48.3 Å². The summed E-state index contributed by atoms with van der Waals surface area (Å²) >= 11 is 0. The summed E-state index contributed by atoms with van der Waals surface area (Å²) < 4.78 is 11.4. The van der Waals surface area contributed by atoms with Crippen molar-refractivity contribution >= 4 is 5.82 Å². The first-order chi connectivity index (χ1) is 11.8. The van der Waals surface area contributed by atoms with Gasteiger partial charge in [-0.1, -0.05) is 30.3 Å². The second-order valence-corrected chi connectivity index (χ2v) is 6.23. The highest BCUT2D eigenvalue weighted by atomic mass is 16.5. The zero-order valence-electron chi connectivity index (χ0n) is 13.8. The molecule has 4 rings (SSSR count). The highest BCUT2D eigenvalue weighted by Crippen LogP contribution is 2.31. The lowest BCUT2D eigenvalue weighted by Crippen LogP contribution is -2.50. The van der Waals surface area contributed by atoms with E-state index in [2.05, 4.69) is 50.1 Å². The molecule has 6 nitrogen and oxygen atoms in total. The van der Waals surface area contributed by atoms with Gasteiger partial charge in [-0.05, 0) is 5.56 Å². The van der Waals surface area contributed by atoms with E-state index >= 15 is 0 Å². The van der Waals surface area contributed by atoms with Crippen LogP contribution in [0.4, 0.5) is 5.82 Å². The van der Waals surface area contributed by atoms with Crippen LogP contribution in [0.15, 0.2) is 42.7 Å². The zero-order chi connectivity index (χ0) is 16.4. The van der Waals surface area contributed by atoms with Crippen LogP contribution in [-0.2, 0) is 11.3 Å². The number of nitrogens with zero attached hydrogens (tertiary/aromatic N) is 4. The van der Waals surface area contributed by atoms with E-state index < -0.39 is 0 Å². The molecule has 0 radical (unpaired) electrons. The Labute approximate surface area is 142 Å². The summed E-state index contributed by atoms with van der Waals surface area (Å²) in [5, 5.41) is 0. The third-order valence-corrected chi connectivity index (χ3v) is 4.78. The molecule has 0 amide bonds. The maximum Gasteiger partial charge on any atom is 0.257 e. The van der Waals surface area contributed by atoms with Gasteiger partial charge in [-0.3, -0.25) is 4.90 Å².